The number of rotatable bonds is 6. The molecule has 0 saturated carbocycles. The van der Waals surface area contributed by atoms with Crippen LogP contribution in [0, 0.1) is 0 Å². The zero-order chi connectivity index (χ0) is 17.8. The van der Waals surface area contributed by atoms with Crippen LogP contribution in [0.15, 0.2) is 47.4 Å². The van der Waals surface area contributed by atoms with Crippen LogP contribution in [-0.2, 0) is 9.53 Å². The number of thioether (sulfide) groups is 1. The second kappa shape index (κ2) is 7.80. The standard InChI is InChI=1S/C18H15ClO5S/c1-11(25-14-5-3-13(19)4-6-14)18(21)22-9-15(20)12-2-7-16-17(8-12)24-10-23-16/h2-8,11H,9-10H2,1H3/t11-/m1/s1. The first-order chi connectivity index (χ1) is 12.0. The molecule has 1 aliphatic heterocycles. The van der Waals surface area contributed by atoms with Crippen LogP contribution >= 0.6 is 23.4 Å². The molecule has 2 aromatic carbocycles. The lowest BCUT2D eigenvalue weighted by molar-refractivity contribution is -0.141. The summed E-state index contributed by atoms with van der Waals surface area (Å²) in [6.07, 6.45) is 0. The first kappa shape index (κ1) is 17.6. The maximum Gasteiger partial charge on any atom is 0.319 e. The molecule has 1 atom stereocenters. The number of carbonyl (C=O) groups excluding carboxylic acids is 2. The van der Waals surface area contributed by atoms with Gasteiger partial charge in [0.1, 0.15) is 5.25 Å². The first-order valence-electron chi connectivity index (χ1n) is 7.54. The van der Waals surface area contributed by atoms with Gasteiger partial charge in [0, 0.05) is 15.5 Å². The number of hydrogen-bond acceptors (Lipinski definition) is 6. The van der Waals surface area contributed by atoms with E-state index in [1.165, 1.54) is 11.8 Å². The summed E-state index contributed by atoms with van der Waals surface area (Å²) < 4.78 is 15.6. The third kappa shape index (κ3) is 4.46. The molecule has 0 unspecified atom stereocenters. The Hall–Kier alpha value is -2.18. The smallest absolute Gasteiger partial charge is 0.319 e. The van der Waals surface area contributed by atoms with Crippen molar-refractivity contribution in [2.45, 2.75) is 17.1 Å². The normalized spacial score (nSPS) is 13.4. The SMILES string of the molecule is C[C@@H](Sc1ccc(Cl)cc1)C(=O)OCC(=O)c1ccc2c(c1)OCO2. The van der Waals surface area contributed by atoms with Gasteiger partial charge in [0.25, 0.3) is 0 Å². The van der Waals surface area contributed by atoms with E-state index < -0.39 is 11.2 Å². The van der Waals surface area contributed by atoms with Crippen molar-refractivity contribution in [2.75, 3.05) is 13.4 Å². The van der Waals surface area contributed by atoms with Gasteiger partial charge in [-0.3, -0.25) is 9.59 Å². The molecule has 3 rings (SSSR count). The van der Waals surface area contributed by atoms with E-state index in [0.717, 1.165) is 4.90 Å². The zero-order valence-electron chi connectivity index (χ0n) is 13.4. The molecule has 25 heavy (non-hydrogen) atoms. The monoisotopic (exact) mass is 378 g/mol. The summed E-state index contributed by atoms with van der Waals surface area (Å²) >= 11 is 7.18. The van der Waals surface area contributed by atoms with Crippen molar-refractivity contribution in [3.63, 3.8) is 0 Å². The molecule has 130 valence electrons. The minimum Gasteiger partial charge on any atom is -0.456 e. The van der Waals surface area contributed by atoms with Crippen LogP contribution in [0.4, 0.5) is 0 Å². The molecule has 1 heterocycles. The lowest BCUT2D eigenvalue weighted by Gasteiger charge is -2.11. The Balaban J connectivity index is 1.52. The molecule has 0 bridgehead atoms. The average molecular weight is 379 g/mol. The van der Waals surface area contributed by atoms with Crippen molar-refractivity contribution in [1.29, 1.82) is 0 Å². The molecule has 0 aromatic heterocycles. The van der Waals surface area contributed by atoms with Crippen LogP contribution in [0.3, 0.4) is 0 Å². The van der Waals surface area contributed by atoms with E-state index >= 15 is 0 Å². The lowest BCUT2D eigenvalue weighted by atomic mass is 10.1. The molecule has 1 aliphatic rings. The number of ketones is 1. The fraction of sp³-hybridized carbons (Fsp3) is 0.222. The highest BCUT2D eigenvalue weighted by atomic mass is 35.5. The molecular formula is C18H15ClO5S. The van der Waals surface area contributed by atoms with Gasteiger partial charge < -0.3 is 14.2 Å². The molecule has 0 N–H and O–H groups in total. The van der Waals surface area contributed by atoms with Crippen molar-refractivity contribution >= 4 is 35.1 Å². The van der Waals surface area contributed by atoms with E-state index in [-0.39, 0.29) is 19.2 Å². The molecule has 0 radical (unpaired) electrons. The first-order valence-corrected chi connectivity index (χ1v) is 8.80. The number of benzene rings is 2. The second-order valence-corrected chi connectivity index (χ2v) is 7.16. The Morgan fingerprint density at radius 1 is 1.16 bits per heavy atom. The summed E-state index contributed by atoms with van der Waals surface area (Å²) in [7, 11) is 0. The van der Waals surface area contributed by atoms with Crippen molar-refractivity contribution in [2.24, 2.45) is 0 Å². The van der Waals surface area contributed by atoms with Gasteiger partial charge in [-0.1, -0.05) is 11.6 Å². The topological polar surface area (TPSA) is 61.8 Å². The fourth-order valence-corrected chi connectivity index (χ4v) is 3.16. The Kier molecular flexibility index (Phi) is 5.50. The van der Waals surface area contributed by atoms with Crippen LogP contribution in [0.1, 0.15) is 17.3 Å². The predicted molar refractivity (Wildman–Crippen MR) is 94.6 cm³/mol. The van der Waals surface area contributed by atoms with E-state index in [2.05, 4.69) is 0 Å². The summed E-state index contributed by atoms with van der Waals surface area (Å²) in [6, 6.07) is 12.0. The van der Waals surface area contributed by atoms with Gasteiger partial charge in [-0.05, 0) is 49.4 Å². The van der Waals surface area contributed by atoms with Crippen LogP contribution in [0.2, 0.25) is 5.02 Å². The van der Waals surface area contributed by atoms with E-state index in [4.69, 9.17) is 25.8 Å². The number of esters is 1. The van der Waals surface area contributed by atoms with Gasteiger partial charge in [0.05, 0.1) is 0 Å². The fourth-order valence-electron chi connectivity index (χ4n) is 2.17. The Labute approximate surface area is 154 Å². The van der Waals surface area contributed by atoms with Gasteiger partial charge in [0.15, 0.2) is 23.9 Å². The van der Waals surface area contributed by atoms with Crippen LogP contribution in [-0.4, -0.2) is 30.4 Å². The Bertz CT molecular complexity index is 791. The number of ether oxygens (including phenoxy) is 3. The summed E-state index contributed by atoms with van der Waals surface area (Å²) in [5, 5.41) is 0.194. The molecule has 2 aromatic rings. The number of hydrogen-bond donors (Lipinski definition) is 0. The van der Waals surface area contributed by atoms with Gasteiger partial charge in [-0.25, -0.2) is 0 Å². The molecule has 0 spiro atoms. The summed E-state index contributed by atoms with van der Waals surface area (Å²) in [5.41, 5.74) is 0.412. The molecule has 0 aliphatic carbocycles. The zero-order valence-corrected chi connectivity index (χ0v) is 14.9. The third-order valence-corrected chi connectivity index (χ3v) is 4.84. The summed E-state index contributed by atoms with van der Waals surface area (Å²) in [4.78, 5) is 25.1. The van der Waals surface area contributed by atoms with E-state index in [9.17, 15) is 9.59 Å². The summed E-state index contributed by atoms with van der Waals surface area (Å²) in [5.74, 6) is 0.370. The van der Waals surface area contributed by atoms with Crippen molar-refractivity contribution in [1.82, 2.24) is 0 Å². The van der Waals surface area contributed by atoms with E-state index in [0.29, 0.717) is 22.1 Å². The number of fused-ring (bicyclic) bond motifs is 1. The molecule has 7 heteroatoms. The van der Waals surface area contributed by atoms with Crippen LogP contribution < -0.4 is 9.47 Å². The number of halogens is 1. The van der Waals surface area contributed by atoms with Crippen molar-refractivity contribution in [3.8, 4) is 11.5 Å². The molecule has 5 nitrogen and oxygen atoms in total. The van der Waals surface area contributed by atoms with Gasteiger partial charge in [0.2, 0.25) is 6.79 Å². The minimum atomic E-state index is -0.450. The highest BCUT2D eigenvalue weighted by Crippen LogP contribution is 2.32. The van der Waals surface area contributed by atoms with Gasteiger partial charge in [-0.15, -0.1) is 11.8 Å². The van der Waals surface area contributed by atoms with Crippen LogP contribution in [0.5, 0.6) is 11.5 Å². The van der Waals surface area contributed by atoms with Crippen molar-refractivity contribution in [3.05, 3.63) is 53.1 Å². The van der Waals surface area contributed by atoms with E-state index in [1.54, 1.807) is 37.3 Å². The largest absolute Gasteiger partial charge is 0.456 e. The molecular weight excluding hydrogens is 364 g/mol. The van der Waals surface area contributed by atoms with Crippen LogP contribution in [0.25, 0.3) is 0 Å². The van der Waals surface area contributed by atoms with Gasteiger partial charge in [-0.2, -0.15) is 0 Å². The highest BCUT2D eigenvalue weighted by Gasteiger charge is 2.20. The summed E-state index contributed by atoms with van der Waals surface area (Å²) in [6.45, 7) is 1.55. The quantitative estimate of drug-likeness (QED) is 0.430. The van der Waals surface area contributed by atoms with Crippen molar-refractivity contribution < 1.29 is 23.8 Å². The predicted octanol–water partition coefficient (Wildman–Crippen LogP) is 3.98. The average Bonchev–Trinajstić information content (AvgIpc) is 3.08. The Morgan fingerprint density at radius 2 is 1.88 bits per heavy atom. The van der Waals surface area contributed by atoms with E-state index in [1.807, 2.05) is 12.1 Å². The molecule has 0 saturated heterocycles. The number of carbonyl (C=O) groups is 2. The molecule has 0 fully saturated rings. The highest BCUT2D eigenvalue weighted by molar-refractivity contribution is 8.00. The molecule has 0 amide bonds. The third-order valence-electron chi connectivity index (χ3n) is 3.50. The number of Topliss-reactive ketones (excluding diaryl/α,β-unsaturated/α-hetero) is 1. The maximum absolute atomic E-state index is 12.2. The minimum absolute atomic E-state index is 0.140. The lowest BCUT2D eigenvalue weighted by Crippen LogP contribution is -2.21. The Morgan fingerprint density at radius 3 is 2.64 bits per heavy atom. The maximum atomic E-state index is 12.2. The second-order valence-electron chi connectivity index (χ2n) is 5.31. The van der Waals surface area contributed by atoms with Gasteiger partial charge >= 0.3 is 5.97 Å².